The summed E-state index contributed by atoms with van der Waals surface area (Å²) in [6.45, 7) is 2.24. The molecular weight excluding hydrogens is 298 g/mol. The van der Waals surface area contributed by atoms with Crippen LogP contribution in [0.3, 0.4) is 0 Å². The first-order chi connectivity index (χ1) is 8.25. The predicted molar refractivity (Wildman–Crippen MR) is 74.0 cm³/mol. The van der Waals surface area contributed by atoms with Gasteiger partial charge in [-0.05, 0) is 47.3 Å². The van der Waals surface area contributed by atoms with Crippen LogP contribution in [0.5, 0.6) is 0 Å². The Kier molecular flexibility index (Phi) is 2.88. The molecule has 0 saturated carbocycles. The quantitative estimate of drug-likeness (QED) is 0.803. The van der Waals surface area contributed by atoms with Gasteiger partial charge in [-0.15, -0.1) is 10.2 Å². The van der Waals surface area contributed by atoms with Crippen LogP contribution in [0.2, 0.25) is 0 Å². The van der Waals surface area contributed by atoms with Crippen molar-refractivity contribution in [1.29, 1.82) is 0 Å². The maximum Gasteiger partial charge on any atom is 0.213 e. The second-order valence-electron chi connectivity index (χ2n) is 4.22. The standard InChI is InChI=1S/C12H12BrN3S/c1-8-6-7-9-4-2-3-5-10(9)16(8)12-15-14-11(13)17-12/h2-5,8H,6-7H2,1H3. The van der Waals surface area contributed by atoms with Gasteiger partial charge in [0.15, 0.2) is 3.92 Å². The molecule has 1 aliphatic rings. The molecule has 2 heterocycles. The number of benzene rings is 1. The van der Waals surface area contributed by atoms with E-state index < -0.39 is 0 Å². The third-order valence-corrected chi connectivity index (χ3v) is 4.47. The zero-order valence-corrected chi connectivity index (χ0v) is 11.8. The first-order valence-electron chi connectivity index (χ1n) is 5.62. The van der Waals surface area contributed by atoms with Gasteiger partial charge in [0, 0.05) is 11.7 Å². The largest absolute Gasteiger partial charge is 0.313 e. The van der Waals surface area contributed by atoms with Crippen molar-refractivity contribution in [3.63, 3.8) is 0 Å². The lowest BCUT2D eigenvalue weighted by molar-refractivity contribution is 0.615. The first-order valence-corrected chi connectivity index (χ1v) is 7.23. The summed E-state index contributed by atoms with van der Waals surface area (Å²) in [5.74, 6) is 0. The summed E-state index contributed by atoms with van der Waals surface area (Å²) in [5.41, 5.74) is 2.67. The minimum absolute atomic E-state index is 0.477. The number of aryl methyl sites for hydroxylation is 1. The van der Waals surface area contributed by atoms with E-state index in [9.17, 15) is 0 Å². The molecular formula is C12H12BrN3S. The number of aromatic nitrogens is 2. The van der Waals surface area contributed by atoms with Crippen LogP contribution in [0.15, 0.2) is 28.2 Å². The van der Waals surface area contributed by atoms with Crippen molar-refractivity contribution in [2.75, 3.05) is 4.90 Å². The summed E-state index contributed by atoms with van der Waals surface area (Å²) in [5, 5.41) is 9.25. The Hall–Kier alpha value is -0.940. The molecule has 0 radical (unpaired) electrons. The van der Waals surface area contributed by atoms with Gasteiger partial charge in [-0.25, -0.2) is 0 Å². The van der Waals surface area contributed by atoms with E-state index in [1.54, 1.807) is 11.3 Å². The molecule has 0 aliphatic carbocycles. The average molecular weight is 310 g/mol. The normalized spacial score (nSPS) is 19.2. The molecule has 0 saturated heterocycles. The molecule has 5 heteroatoms. The highest BCUT2D eigenvalue weighted by Gasteiger charge is 2.26. The van der Waals surface area contributed by atoms with Gasteiger partial charge in [-0.2, -0.15) is 0 Å². The van der Waals surface area contributed by atoms with Crippen molar-refractivity contribution in [3.05, 3.63) is 33.7 Å². The highest BCUT2D eigenvalue weighted by Crippen LogP contribution is 2.38. The van der Waals surface area contributed by atoms with E-state index >= 15 is 0 Å². The van der Waals surface area contributed by atoms with Crippen molar-refractivity contribution in [2.45, 2.75) is 25.8 Å². The number of para-hydroxylation sites is 1. The van der Waals surface area contributed by atoms with Crippen molar-refractivity contribution in [2.24, 2.45) is 0 Å². The molecule has 2 aromatic rings. The van der Waals surface area contributed by atoms with E-state index in [2.05, 4.69) is 62.2 Å². The van der Waals surface area contributed by atoms with Crippen LogP contribution in [0.1, 0.15) is 18.9 Å². The van der Waals surface area contributed by atoms with Crippen LogP contribution < -0.4 is 4.90 Å². The maximum atomic E-state index is 4.24. The number of fused-ring (bicyclic) bond motifs is 1. The fraction of sp³-hybridized carbons (Fsp3) is 0.333. The average Bonchev–Trinajstić information content (AvgIpc) is 2.75. The number of nitrogens with zero attached hydrogens (tertiary/aromatic N) is 3. The molecule has 3 rings (SSSR count). The Morgan fingerprint density at radius 1 is 1.35 bits per heavy atom. The Bertz CT molecular complexity index is 540. The SMILES string of the molecule is CC1CCc2ccccc2N1c1nnc(Br)s1. The predicted octanol–water partition coefficient (Wildman–Crippen LogP) is 3.77. The highest BCUT2D eigenvalue weighted by atomic mass is 79.9. The number of halogens is 1. The van der Waals surface area contributed by atoms with Crippen LogP contribution in [0.4, 0.5) is 10.8 Å². The van der Waals surface area contributed by atoms with E-state index in [4.69, 9.17) is 0 Å². The summed E-state index contributed by atoms with van der Waals surface area (Å²) >= 11 is 4.96. The smallest absolute Gasteiger partial charge is 0.213 e. The Balaban J connectivity index is 2.09. The molecule has 0 amide bonds. The minimum Gasteiger partial charge on any atom is -0.313 e. The molecule has 0 spiro atoms. The van der Waals surface area contributed by atoms with Gasteiger partial charge >= 0.3 is 0 Å². The van der Waals surface area contributed by atoms with E-state index in [0.717, 1.165) is 21.9 Å². The molecule has 1 aromatic carbocycles. The third-order valence-electron chi connectivity index (χ3n) is 3.12. The van der Waals surface area contributed by atoms with Gasteiger partial charge in [0.25, 0.3) is 0 Å². The second-order valence-corrected chi connectivity index (χ2v) is 6.46. The Labute approximate surface area is 113 Å². The first kappa shape index (κ1) is 11.2. The van der Waals surface area contributed by atoms with Gasteiger partial charge < -0.3 is 4.90 Å². The van der Waals surface area contributed by atoms with Gasteiger partial charge in [0.2, 0.25) is 5.13 Å². The van der Waals surface area contributed by atoms with Crippen molar-refractivity contribution in [1.82, 2.24) is 10.2 Å². The molecule has 1 unspecified atom stereocenters. The van der Waals surface area contributed by atoms with Crippen LogP contribution in [0.25, 0.3) is 0 Å². The van der Waals surface area contributed by atoms with Crippen LogP contribution in [0, 0.1) is 0 Å². The molecule has 0 fully saturated rings. The number of hydrogen-bond acceptors (Lipinski definition) is 4. The van der Waals surface area contributed by atoms with Crippen LogP contribution in [-0.2, 0) is 6.42 Å². The van der Waals surface area contributed by atoms with E-state index in [0.29, 0.717) is 6.04 Å². The zero-order valence-electron chi connectivity index (χ0n) is 9.43. The lowest BCUT2D eigenvalue weighted by atomic mass is 9.97. The summed E-state index contributed by atoms with van der Waals surface area (Å²) in [6, 6.07) is 9.03. The molecule has 17 heavy (non-hydrogen) atoms. The van der Waals surface area contributed by atoms with E-state index in [-0.39, 0.29) is 0 Å². The lowest BCUT2D eigenvalue weighted by Gasteiger charge is -2.34. The Morgan fingerprint density at radius 3 is 2.94 bits per heavy atom. The topological polar surface area (TPSA) is 29.0 Å². The molecule has 1 aromatic heterocycles. The van der Waals surface area contributed by atoms with Gasteiger partial charge in [-0.3, -0.25) is 0 Å². The summed E-state index contributed by atoms with van der Waals surface area (Å²) < 4.78 is 0.836. The molecule has 0 bridgehead atoms. The van der Waals surface area contributed by atoms with Gasteiger partial charge in [0.05, 0.1) is 0 Å². The Morgan fingerprint density at radius 2 is 2.18 bits per heavy atom. The van der Waals surface area contributed by atoms with Gasteiger partial charge in [0.1, 0.15) is 0 Å². The molecule has 3 nitrogen and oxygen atoms in total. The van der Waals surface area contributed by atoms with Crippen molar-refractivity contribution in [3.8, 4) is 0 Å². The zero-order chi connectivity index (χ0) is 11.8. The fourth-order valence-corrected chi connectivity index (χ4v) is 3.48. The molecule has 1 aliphatic heterocycles. The van der Waals surface area contributed by atoms with E-state index in [1.807, 2.05) is 0 Å². The maximum absolute atomic E-state index is 4.24. The summed E-state index contributed by atoms with van der Waals surface area (Å²) in [7, 11) is 0. The fourth-order valence-electron chi connectivity index (χ4n) is 2.28. The summed E-state index contributed by atoms with van der Waals surface area (Å²) in [4.78, 5) is 2.29. The lowest BCUT2D eigenvalue weighted by Crippen LogP contribution is -2.33. The van der Waals surface area contributed by atoms with Crippen LogP contribution >= 0.6 is 27.3 Å². The molecule has 88 valence electrons. The van der Waals surface area contributed by atoms with Crippen molar-refractivity contribution >= 4 is 38.1 Å². The third kappa shape index (κ3) is 1.98. The number of hydrogen-bond donors (Lipinski definition) is 0. The van der Waals surface area contributed by atoms with Crippen LogP contribution in [-0.4, -0.2) is 16.2 Å². The number of rotatable bonds is 1. The molecule has 1 atom stereocenters. The van der Waals surface area contributed by atoms with Gasteiger partial charge in [-0.1, -0.05) is 29.5 Å². The minimum atomic E-state index is 0.477. The second kappa shape index (κ2) is 4.38. The van der Waals surface area contributed by atoms with E-state index in [1.165, 1.54) is 11.3 Å². The monoisotopic (exact) mass is 309 g/mol. The highest BCUT2D eigenvalue weighted by molar-refractivity contribution is 9.11. The summed E-state index contributed by atoms with van der Waals surface area (Å²) in [6.07, 6.45) is 2.31. The molecule has 0 N–H and O–H groups in total. The number of anilines is 2. The van der Waals surface area contributed by atoms with Crippen molar-refractivity contribution < 1.29 is 0 Å².